The Hall–Kier alpha value is -17.7. The SMILES string of the molecule is COc1ccc(Cn2ccc3c(ccc4[nH]c5cccnc5c43)c2=O)cc1.COc1ccc(Cn2ccc3c(ccc4c3c3ncccc3n4CCC(F)F)c2=O)cc1.COc1ccc(Cn2ccc3c(ccc4c3c3ncccc3n4CCC=O)c2=O)cc1.COc1ccc(Cn2ccc3c(ccc4c3c3ncccc3n4CCCO)c2=O)cc1.O=c1[nH]ccc2c1ccc1c2c2ncccc2n1CCC(F)F. The van der Waals surface area contributed by atoms with Gasteiger partial charge in [-0.3, -0.25) is 48.9 Å². The molecule has 0 saturated heterocycles. The average Bonchev–Trinajstić information content (AvgIpc) is 1.59. The van der Waals surface area contributed by atoms with E-state index in [0.29, 0.717) is 79.0 Å². The fourth-order valence-electron chi connectivity index (χ4n) is 19.6. The number of ether oxygens (including phenoxy) is 4. The second-order valence-corrected chi connectivity index (χ2v) is 34.8. The van der Waals surface area contributed by atoms with E-state index in [2.05, 4.69) is 44.0 Å². The minimum absolute atomic E-state index is 0.00417. The van der Waals surface area contributed by atoms with E-state index in [9.17, 15) is 51.4 Å². The minimum atomic E-state index is -2.38. The van der Waals surface area contributed by atoms with Crippen LogP contribution in [0.15, 0.2) is 335 Å². The normalized spacial score (nSPS) is 11.6. The Kier molecular flexibility index (Phi) is 26.8. The highest BCUT2D eigenvalue weighted by Crippen LogP contribution is 2.40. The van der Waals surface area contributed by atoms with Crippen molar-refractivity contribution in [1.82, 2.24) is 71.4 Å². The molecule has 15 aromatic heterocycles. The zero-order valence-corrected chi connectivity index (χ0v) is 78.7. The maximum atomic E-state index is 13.3. The first-order valence-corrected chi connectivity index (χ1v) is 47.0. The molecule has 0 saturated carbocycles. The number of methoxy groups -OCH3 is 4. The molecule has 30 heteroatoms. The number of halogens is 4. The maximum Gasteiger partial charge on any atom is 0.258 e. The van der Waals surface area contributed by atoms with E-state index in [1.165, 1.54) is 0 Å². The molecule has 0 aliphatic rings. The molecule has 0 aliphatic heterocycles. The van der Waals surface area contributed by atoms with Gasteiger partial charge in [0.05, 0.1) is 132 Å². The lowest BCUT2D eigenvalue weighted by atomic mass is 10.1. The Morgan fingerprint density at radius 3 is 0.958 bits per heavy atom. The number of nitrogens with one attached hydrogen (secondary N) is 2. The number of aromatic amines is 2. The van der Waals surface area contributed by atoms with Crippen molar-refractivity contribution >= 4 is 170 Å². The molecule has 0 radical (unpaired) electrons. The van der Waals surface area contributed by atoms with Crippen molar-refractivity contribution in [3.05, 3.63) is 385 Å². The summed E-state index contributed by atoms with van der Waals surface area (Å²) >= 11 is 0. The van der Waals surface area contributed by atoms with Gasteiger partial charge in [0.25, 0.3) is 27.8 Å². The van der Waals surface area contributed by atoms with Gasteiger partial charge in [-0.25, -0.2) is 17.6 Å². The number of carbonyl (C=O) groups is 1. The largest absolute Gasteiger partial charge is 0.497 e. The first-order chi connectivity index (χ1) is 70.4. The molecule has 9 aromatic carbocycles. The highest BCUT2D eigenvalue weighted by atomic mass is 19.3. The van der Waals surface area contributed by atoms with Gasteiger partial charge in [0.15, 0.2) is 0 Å². The predicted molar refractivity (Wildman–Crippen MR) is 560 cm³/mol. The van der Waals surface area contributed by atoms with Gasteiger partial charge in [-0.2, -0.15) is 0 Å². The number of aldehydes is 1. The van der Waals surface area contributed by atoms with Crippen LogP contribution < -0.4 is 46.7 Å². The van der Waals surface area contributed by atoms with E-state index < -0.39 is 12.9 Å². The number of nitrogens with zero attached hydrogens (tertiary/aromatic N) is 13. The number of H-pyrrole nitrogens is 2. The van der Waals surface area contributed by atoms with E-state index in [1.807, 2.05) is 246 Å². The van der Waals surface area contributed by atoms with Crippen LogP contribution in [0.2, 0.25) is 0 Å². The maximum absolute atomic E-state index is 13.3. The smallest absolute Gasteiger partial charge is 0.258 e. The van der Waals surface area contributed by atoms with Crippen LogP contribution >= 0.6 is 0 Å². The van der Waals surface area contributed by atoms with Crippen molar-refractivity contribution in [3.63, 3.8) is 0 Å². The number of rotatable bonds is 24. The third-order valence-electron chi connectivity index (χ3n) is 26.4. The van der Waals surface area contributed by atoms with Gasteiger partial charge in [0, 0.05) is 200 Å². The third kappa shape index (κ3) is 18.2. The lowest BCUT2D eigenvalue weighted by Gasteiger charge is -2.10. The van der Waals surface area contributed by atoms with Crippen molar-refractivity contribution < 1.29 is 46.4 Å². The first-order valence-electron chi connectivity index (χ1n) is 47.0. The van der Waals surface area contributed by atoms with Crippen molar-refractivity contribution in [2.45, 2.75) is 90.9 Å². The van der Waals surface area contributed by atoms with Gasteiger partial charge in [0.2, 0.25) is 12.9 Å². The molecule has 0 amide bonds. The monoisotopic (exact) mass is 1930 g/mol. The predicted octanol–water partition coefficient (Wildman–Crippen LogP) is 21.1. The van der Waals surface area contributed by atoms with Crippen molar-refractivity contribution in [3.8, 4) is 23.0 Å². The summed E-state index contributed by atoms with van der Waals surface area (Å²) in [5, 5.41) is 21.3. The molecule has 26 nitrogen and oxygen atoms in total. The van der Waals surface area contributed by atoms with Crippen LogP contribution in [-0.4, -0.2) is 131 Å². The second-order valence-electron chi connectivity index (χ2n) is 34.8. The standard InChI is InChI=1S/C25H21F2N3O2.C25H23N3O3.C25H21N3O3.C22H17N3O2.C17H13F2N3O/c1-32-17-6-4-16(5-7-17)15-29-13-10-18-19(25(29)31)8-9-20-23(18)24-21(3-2-12-28-24)30(20)14-11-22(26)27;2*1-31-18-7-5-17(6-8-18)16-27-14-11-19-20(25(27)30)9-10-21-23(19)24-22(4-2-12-26-24)28(21)13-3-15-29;1-27-15-6-4-14(5-7-15)13-25-12-10-16-17(22(25)26)8-9-18-20(16)21-19(24-18)3-2-11-23-21;18-14(19)6-9-22-12-4-3-11-10(5-8-21-17(11)23)15(12)16-13(22)2-1-7-20-16/h2-10,12-13,22H,11,14-15H2,1H3;2,4-12,14,29H,3,13,15-16H2,1H3;2,4-12,14-15H,3,13,16H2,1H3;2-12,24H,13H2,1H3;1-5,7-8,14H,6,9H2,(H,21,23). The van der Waals surface area contributed by atoms with E-state index in [0.717, 1.165) is 188 Å². The molecule has 0 unspecified atom stereocenters. The third-order valence-corrected chi connectivity index (χ3v) is 26.4. The van der Waals surface area contributed by atoms with Crippen LogP contribution in [0.4, 0.5) is 17.6 Å². The number of alkyl halides is 4. The Bertz CT molecular complexity index is 9330. The van der Waals surface area contributed by atoms with E-state index in [-0.39, 0.29) is 60.3 Å². The summed E-state index contributed by atoms with van der Waals surface area (Å²) in [7, 11) is 6.53. The number of fused-ring (bicyclic) bond motifs is 25. The van der Waals surface area contributed by atoms with Gasteiger partial charge in [-0.1, -0.05) is 48.5 Å². The van der Waals surface area contributed by atoms with Crippen LogP contribution in [0, 0.1) is 0 Å². The van der Waals surface area contributed by atoms with Crippen molar-refractivity contribution in [2.24, 2.45) is 0 Å². The fraction of sp³-hybridized carbons (Fsp3) is 0.167. The summed E-state index contributed by atoms with van der Waals surface area (Å²) in [4.78, 5) is 105. The van der Waals surface area contributed by atoms with Crippen LogP contribution in [-0.2, 0) is 57.2 Å². The van der Waals surface area contributed by atoms with Gasteiger partial charge in [-0.05, 0) is 229 Å². The van der Waals surface area contributed by atoms with Crippen molar-refractivity contribution in [2.75, 3.05) is 35.0 Å². The van der Waals surface area contributed by atoms with Gasteiger partial charge < -0.3 is 75.4 Å². The lowest BCUT2D eigenvalue weighted by Crippen LogP contribution is -2.20. The highest BCUT2D eigenvalue weighted by molar-refractivity contribution is 6.23. The number of hydrogen-bond donors (Lipinski definition) is 3. The van der Waals surface area contributed by atoms with Gasteiger partial charge in [-0.15, -0.1) is 0 Å². The van der Waals surface area contributed by atoms with Crippen LogP contribution in [0.5, 0.6) is 23.0 Å². The highest BCUT2D eigenvalue weighted by Gasteiger charge is 2.24. The van der Waals surface area contributed by atoms with Gasteiger partial charge in [0.1, 0.15) is 29.3 Å². The minimum Gasteiger partial charge on any atom is -0.497 e. The first kappa shape index (κ1) is 94.0. The van der Waals surface area contributed by atoms with Crippen LogP contribution in [0.3, 0.4) is 0 Å². The number of aliphatic hydroxyl groups is 1. The van der Waals surface area contributed by atoms with E-state index in [4.69, 9.17) is 18.9 Å². The zero-order chi connectivity index (χ0) is 99.3. The molecule has 0 atom stereocenters. The molecule has 3 N–H and O–H groups in total. The molecule has 144 heavy (non-hydrogen) atoms. The molecule has 24 rings (SSSR count). The molecule has 0 spiro atoms. The summed E-state index contributed by atoms with van der Waals surface area (Å²) < 4.78 is 86.8. The summed E-state index contributed by atoms with van der Waals surface area (Å²) in [6.45, 7) is 3.72. The van der Waals surface area contributed by atoms with E-state index >= 15 is 0 Å². The van der Waals surface area contributed by atoms with Crippen molar-refractivity contribution in [1.29, 1.82) is 0 Å². The summed E-state index contributed by atoms with van der Waals surface area (Å²) in [5.74, 6) is 3.15. The van der Waals surface area contributed by atoms with E-state index in [1.54, 1.807) is 120 Å². The molecule has 0 bridgehead atoms. The zero-order valence-electron chi connectivity index (χ0n) is 78.7. The second kappa shape index (κ2) is 41.0. The molecular weight excluding hydrogens is 1830 g/mol. The summed E-state index contributed by atoms with van der Waals surface area (Å²) in [6, 6.07) is 78.4. The van der Waals surface area contributed by atoms with Gasteiger partial charge >= 0.3 is 0 Å². The molecule has 0 aliphatic carbocycles. The molecule has 15 heterocycles. The molecule has 0 fully saturated rings. The fourth-order valence-corrected chi connectivity index (χ4v) is 19.6. The number of aromatic nitrogens is 15. The Morgan fingerprint density at radius 1 is 0.319 bits per heavy atom. The average molecular weight is 1930 g/mol. The quantitative estimate of drug-likeness (QED) is 0.0374. The summed E-state index contributed by atoms with van der Waals surface area (Å²) in [6.07, 6.45) is 14.4. The lowest BCUT2D eigenvalue weighted by molar-refractivity contribution is -0.108. The molecule has 720 valence electrons. The number of benzene rings is 9. The Balaban J connectivity index is 0.000000110. The number of carbonyl (C=O) groups excluding carboxylic acids is 1. The Morgan fingerprint density at radius 2 is 0.625 bits per heavy atom. The molecule has 24 aromatic rings. The van der Waals surface area contributed by atoms with Crippen LogP contribution in [0.25, 0.3) is 164 Å². The number of aryl methyl sites for hydroxylation is 4. The Labute approximate surface area is 816 Å². The number of aliphatic hydroxyl groups excluding tert-OH is 1. The van der Waals surface area contributed by atoms with Crippen LogP contribution in [0.1, 0.15) is 47.9 Å². The number of hydrogen-bond acceptors (Lipinski definition) is 16. The molecular formula is C114H95F4N15O11. The summed E-state index contributed by atoms with van der Waals surface area (Å²) in [5.41, 5.74) is 17.0. The topological polar surface area (TPSA) is 295 Å². The number of pyridine rings is 10.